The lowest BCUT2D eigenvalue weighted by molar-refractivity contribution is 0.247. The van der Waals surface area contributed by atoms with Crippen LogP contribution in [0.5, 0.6) is 0 Å². The lowest BCUT2D eigenvalue weighted by atomic mass is 9.93. The molecule has 1 aliphatic carbocycles. The zero-order chi connectivity index (χ0) is 13.0. The molecule has 2 atom stereocenters. The van der Waals surface area contributed by atoms with Crippen LogP contribution in [0.2, 0.25) is 0 Å². The van der Waals surface area contributed by atoms with Crippen molar-refractivity contribution in [3.63, 3.8) is 0 Å². The molecule has 0 spiro atoms. The van der Waals surface area contributed by atoms with Crippen LogP contribution >= 0.6 is 27.3 Å². The average Bonchev–Trinajstić information content (AvgIpc) is 2.75. The van der Waals surface area contributed by atoms with Gasteiger partial charge in [-0.1, -0.05) is 13.3 Å². The van der Waals surface area contributed by atoms with E-state index in [1.54, 1.807) is 4.88 Å². The van der Waals surface area contributed by atoms with Gasteiger partial charge in [-0.2, -0.15) is 0 Å². The Hall–Kier alpha value is 0.100. The summed E-state index contributed by atoms with van der Waals surface area (Å²) < 4.78 is 1.25. The molecule has 0 bridgehead atoms. The van der Waals surface area contributed by atoms with E-state index in [0.29, 0.717) is 18.6 Å². The first-order valence-electron chi connectivity index (χ1n) is 6.87. The summed E-state index contributed by atoms with van der Waals surface area (Å²) in [5, 5.41) is 12.7. The fraction of sp³-hybridized carbons (Fsp3) is 0.714. The number of rotatable bonds is 6. The highest BCUT2D eigenvalue weighted by Gasteiger charge is 2.22. The summed E-state index contributed by atoms with van der Waals surface area (Å²) in [6.07, 6.45) is 5.81. The van der Waals surface area contributed by atoms with E-state index in [1.807, 2.05) is 11.3 Å². The third-order valence-electron chi connectivity index (χ3n) is 3.85. The van der Waals surface area contributed by atoms with Gasteiger partial charge in [0.25, 0.3) is 0 Å². The molecule has 0 amide bonds. The maximum atomic E-state index is 9.03. The van der Waals surface area contributed by atoms with E-state index in [9.17, 15) is 0 Å². The molecule has 0 aromatic carbocycles. The van der Waals surface area contributed by atoms with Crippen molar-refractivity contribution < 1.29 is 5.11 Å². The molecule has 0 saturated carbocycles. The minimum Gasteiger partial charge on any atom is -0.396 e. The van der Waals surface area contributed by atoms with Gasteiger partial charge in [0.05, 0.1) is 3.79 Å². The first-order chi connectivity index (χ1) is 8.74. The summed E-state index contributed by atoms with van der Waals surface area (Å²) in [6.45, 7) is 3.53. The Morgan fingerprint density at radius 1 is 1.61 bits per heavy atom. The SMILES string of the molecule is CCC(CCO)CNC1CCCc2sc(Br)cc21. The van der Waals surface area contributed by atoms with Gasteiger partial charge in [-0.3, -0.25) is 0 Å². The van der Waals surface area contributed by atoms with Gasteiger partial charge < -0.3 is 10.4 Å². The van der Waals surface area contributed by atoms with Crippen LogP contribution in [0.4, 0.5) is 0 Å². The van der Waals surface area contributed by atoms with Crippen LogP contribution in [-0.2, 0) is 6.42 Å². The van der Waals surface area contributed by atoms with Gasteiger partial charge in [-0.15, -0.1) is 11.3 Å². The molecule has 2 unspecified atom stereocenters. The van der Waals surface area contributed by atoms with Gasteiger partial charge in [0.15, 0.2) is 0 Å². The van der Waals surface area contributed by atoms with Crippen LogP contribution in [0.15, 0.2) is 9.85 Å². The van der Waals surface area contributed by atoms with Gasteiger partial charge in [-0.25, -0.2) is 0 Å². The molecule has 0 aliphatic heterocycles. The van der Waals surface area contributed by atoms with Gasteiger partial charge >= 0.3 is 0 Å². The van der Waals surface area contributed by atoms with Crippen molar-refractivity contribution in [2.75, 3.05) is 13.2 Å². The summed E-state index contributed by atoms with van der Waals surface area (Å²) in [6, 6.07) is 2.80. The van der Waals surface area contributed by atoms with E-state index in [2.05, 4.69) is 34.2 Å². The van der Waals surface area contributed by atoms with Crippen molar-refractivity contribution >= 4 is 27.3 Å². The van der Waals surface area contributed by atoms with Crippen LogP contribution in [0.3, 0.4) is 0 Å². The minimum absolute atomic E-state index is 0.306. The minimum atomic E-state index is 0.306. The van der Waals surface area contributed by atoms with Crippen LogP contribution in [0.1, 0.15) is 49.1 Å². The van der Waals surface area contributed by atoms with Crippen molar-refractivity contribution in [1.29, 1.82) is 0 Å². The van der Waals surface area contributed by atoms with Gasteiger partial charge in [0.1, 0.15) is 0 Å². The maximum Gasteiger partial charge on any atom is 0.0704 e. The zero-order valence-electron chi connectivity index (χ0n) is 10.9. The van der Waals surface area contributed by atoms with E-state index in [-0.39, 0.29) is 0 Å². The van der Waals surface area contributed by atoms with Crippen molar-refractivity contribution in [2.45, 2.75) is 45.1 Å². The molecule has 0 radical (unpaired) electrons. The molecule has 2 N–H and O–H groups in total. The van der Waals surface area contributed by atoms with E-state index < -0.39 is 0 Å². The number of fused-ring (bicyclic) bond motifs is 1. The lowest BCUT2D eigenvalue weighted by Gasteiger charge is -2.26. The summed E-state index contributed by atoms with van der Waals surface area (Å²) in [7, 11) is 0. The molecule has 1 heterocycles. The first kappa shape index (κ1) is 14.5. The Labute approximate surface area is 122 Å². The van der Waals surface area contributed by atoms with Crippen molar-refractivity contribution in [3.8, 4) is 0 Å². The third-order valence-corrected chi connectivity index (χ3v) is 5.56. The second-order valence-corrected chi connectivity index (χ2v) is 7.58. The Morgan fingerprint density at radius 3 is 3.17 bits per heavy atom. The second kappa shape index (κ2) is 7.04. The number of thiophene rings is 1. The topological polar surface area (TPSA) is 32.3 Å². The molecule has 18 heavy (non-hydrogen) atoms. The fourth-order valence-electron chi connectivity index (χ4n) is 2.68. The molecule has 1 aromatic rings. The molecule has 2 nitrogen and oxygen atoms in total. The standard InChI is InChI=1S/C14H22BrNOS/c1-2-10(6-7-17)9-16-12-4-3-5-13-11(12)8-14(15)18-13/h8,10,12,16-17H,2-7,9H2,1H3. The number of hydrogen-bond acceptors (Lipinski definition) is 3. The van der Waals surface area contributed by atoms with Gasteiger partial charge in [0, 0.05) is 17.5 Å². The number of nitrogens with one attached hydrogen (secondary N) is 1. The molecule has 0 fully saturated rings. The lowest BCUT2D eigenvalue weighted by Crippen LogP contribution is -2.29. The monoisotopic (exact) mass is 331 g/mol. The van der Waals surface area contributed by atoms with Gasteiger partial charge in [-0.05, 0) is 65.7 Å². The molecular formula is C14H22BrNOS. The van der Waals surface area contributed by atoms with Crippen LogP contribution in [0.25, 0.3) is 0 Å². The molecule has 0 saturated heterocycles. The first-order valence-corrected chi connectivity index (χ1v) is 8.47. The van der Waals surface area contributed by atoms with Crippen LogP contribution < -0.4 is 5.32 Å². The van der Waals surface area contributed by atoms with Crippen molar-refractivity contribution in [1.82, 2.24) is 5.32 Å². The largest absolute Gasteiger partial charge is 0.396 e. The maximum absolute atomic E-state index is 9.03. The highest BCUT2D eigenvalue weighted by atomic mass is 79.9. The number of aliphatic hydroxyl groups is 1. The molecule has 4 heteroatoms. The number of halogens is 1. The summed E-state index contributed by atoms with van der Waals surface area (Å²) in [5.74, 6) is 0.599. The molecule has 1 aromatic heterocycles. The highest BCUT2D eigenvalue weighted by molar-refractivity contribution is 9.11. The highest BCUT2D eigenvalue weighted by Crippen LogP contribution is 2.38. The molecule has 1 aliphatic rings. The molecule has 102 valence electrons. The molecule has 2 rings (SSSR count). The predicted octanol–water partition coefficient (Wildman–Crippen LogP) is 3.89. The van der Waals surface area contributed by atoms with E-state index in [4.69, 9.17) is 5.11 Å². The van der Waals surface area contributed by atoms with E-state index >= 15 is 0 Å². The predicted molar refractivity (Wildman–Crippen MR) is 81.2 cm³/mol. The van der Waals surface area contributed by atoms with E-state index in [1.165, 1.54) is 28.6 Å². The summed E-state index contributed by atoms with van der Waals surface area (Å²) >= 11 is 5.48. The average molecular weight is 332 g/mol. The zero-order valence-corrected chi connectivity index (χ0v) is 13.3. The third kappa shape index (κ3) is 3.56. The smallest absolute Gasteiger partial charge is 0.0704 e. The summed E-state index contributed by atoms with van der Waals surface area (Å²) in [4.78, 5) is 1.54. The second-order valence-electron chi connectivity index (χ2n) is 5.07. The van der Waals surface area contributed by atoms with Crippen molar-refractivity contribution in [3.05, 3.63) is 20.3 Å². The summed E-state index contributed by atoms with van der Waals surface area (Å²) in [5.41, 5.74) is 1.50. The Kier molecular flexibility index (Phi) is 5.67. The molecular weight excluding hydrogens is 310 g/mol. The van der Waals surface area contributed by atoms with Crippen LogP contribution in [0, 0.1) is 5.92 Å². The Bertz CT molecular complexity index is 380. The normalized spacial score (nSPS) is 20.7. The Morgan fingerprint density at radius 2 is 2.44 bits per heavy atom. The van der Waals surface area contributed by atoms with Crippen LogP contribution in [-0.4, -0.2) is 18.3 Å². The fourth-order valence-corrected chi connectivity index (χ4v) is 4.49. The number of aryl methyl sites for hydroxylation is 1. The quantitative estimate of drug-likeness (QED) is 0.828. The number of aliphatic hydroxyl groups excluding tert-OH is 1. The van der Waals surface area contributed by atoms with Gasteiger partial charge in [0.2, 0.25) is 0 Å². The number of hydrogen-bond donors (Lipinski definition) is 2. The Balaban J connectivity index is 1.94. The van der Waals surface area contributed by atoms with Crippen molar-refractivity contribution in [2.24, 2.45) is 5.92 Å². The van der Waals surface area contributed by atoms with E-state index in [0.717, 1.165) is 19.4 Å².